The molecule has 0 aromatic heterocycles. The van der Waals surface area contributed by atoms with Crippen molar-refractivity contribution < 1.29 is 35.4 Å². The SMILES string of the molecule is COc1cc(OC)c([I+]c2ccc(C)cc2)c(OC)c1. The van der Waals surface area contributed by atoms with Gasteiger partial charge in [-0.2, -0.15) is 0 Å². The fourth-order valence-electron chi connectivity index (χ4n) is 1.76. The van der Waals surface area contributed by atoms with Gasteiger partial charge >= 0.3 is 21.2 Å². The van der Waals surface area contributed by atoms with Crippen LogP contribution in [0.2, 0.25) is 0 Å². The number of methoxy groups -OCH3 is 3. The van der Waals surface area contributed by atoms with Crippen molar-refractivity contribution in [2.45, 2.75) is 6.92 Å². The van der Waals surface area contributed by atoms with Crippen molar-refractivity contribution in [1.29, 1.82) is 0 Å². The Hall–Kier alpha value is -1.43. The molecule has 3 nitrogen and oxygen atoms in total. The van der Waals surface area contributed by atoms with Crippen molar-refractivity contribution >= 4 is 0 Å². The normalized spacial score (nSPS) is 10.2. The van der Waals surface area contributed by atoms with E-state index in [2.05, 4.69) is 31.2 Å². The van der Waals surface area contributed by atoms with E-state index in [-0.39, 0.29) is 21.2 Å². The quantitative estimate of drug-likeness (QED) is 0.686. The third kappa shape index (κ3) is 3.36. The van der Waals surface area contributed by atoms with Crippen LogP contribution >= 0.6 is 0 Å². The maximum atomic E-state index is 5.49. The molecule has 2 rings (SSSR count). The summed E-state index contributed by atoms with van der Waals surface area (Å²) in [6.45, 7) is 2.09. The van der Waals surface area contributed by atoms with Crippen molar-refractivity contribution in [2.75, 3.05) is 21.3 Å². The molecule has 0 aliphatic rings. The molecule has 20 heavy (non-hydrogen) atoms. The van der Waals surface area contributed by atoms with Crippen LogP contribution in [0.25, 0.3) is 0 Å². The van der Waals surface area contributed by atoms with E-state index in [1.807, 2.05) is 12.1 Å². The number of hydrogen-bond acceptors (Lipinski definition) is 3. The highest BCUT2D eigenvalue weighted by molar-refractivity contribution is 5.41. The lowest BCUT2D eigenvalue weighted by Gasteiger charge is -2.08. The van der Waals surface area contributed by atoms with Gasteiger partial charge in [0.2, 0.25) is 0 Å². The van der Waals surface area contributed by atoms with Gasteiger partial charge in [0.15, 0.2) is 15.1 Å². The summed E-state index contributed by atoms with van der Waals surface area (Å²) in [5.74, 6) is 2.40. The van der Waals surface area contributed by atoms with Gasteiger partial charge in [0.1, 0.15) is 5.75 Å². The molecule has 2 aromatic carbocycles. The third-order valence-corrected chi connectivity index (χ3v) is 5.81. The van der Waals surface area contributed by atoms with Crippen LogP contribution in [0.3, 0.4) is 0 Å². The van der Waals surface area contributed by atoms with Gasteiger partial charge in [0.05, 0.1) is 21.3 Å². The zero-order valence-electron chi connectivity index (χ0n) is 12.1. The maximum absolute atomic E-state index is 5.49. The van der Waals surface area contributed by atoms with Crippen molar-refractivity contribution in [2.24, 2.45) is 0 Å². The zero-order chi connectivity index (χ0) is 14.5. The first kappa shape index (κ1) is 15.0. The molecule has 0 N–H and O–H groups in total. The van der Waals surface area contributed by atoms with E-state index >= 15 is 0 Å². The van der Waals surface area contributed by atoms with Gasteiger partial charge in [-0.3, -0.25) is 0 Å². The highest BCUT2D eigenvalue weighted by atomic mass is 127. The van der Waals surface area contributed by atoms with Crippen LogP contribution in [-0.4, -0.2) is 21.3 Å². The maximum Gasteiger partial charge on any atom is 0.366 e. The van der Waals surface area contributed by atoms with E-state index < -0.39 is 0 Å². The number of hydrogen-bond donors (Lipinski definition) is 0. The van der Waals surface area contributed by atoms with Gasteiger partial charge in [-0.25, -0.2) is 0 Å². The number of benzene rings is 2. The van der Waals surface area contributed by atoms with E-state index in [0.29, 0.717) is 0 Å². The second-order valence-corrected chi connectivity index (χ2v) is 7.10. The van der Waals surface area contributed by atoms with E-state index in [1.54, 1.807) is 21.3 Å². The van der Waals surface area contributed by atoms with Crippen molar-refractivity contribution in [1.82, 2.24) is 0 Å². The standard InChI is InChI=1S/C16H18IO3/c1-11-5-7-12(8-6-11)17-16-14(19-3)9-13(18-2)10-15(16)20-4/h5-10H,1-4H3/q+1. The van der Waals surface area contributed by atoms with Crippen LogP contribution in [0.5, 0.6) is 17.2 Å². The van der Waals surface area contributed by atoms with Crippen molar-refractivity contribution in [3.05, 3.63) is 49.1 Å². The van der Waals surface area contributed by atoms with Crippen LogP contribution in [0.4, 0.5) is 0 Å². The Morgan fingerprint density at radius 1 is 0.800 bits per heavy atom. The Morgan fingerprint density at radius 3 is 1.80 bits per heavy atom. The summed E-state index contributed by atoms with van der Waals surface area (Å²) in [5, 5.41) is 0. The molecule has 0 unspecified atom stereocenters. The summed E-state index contributed by atoms with van der Waals surface area (Å²) in [5.41, 5.74) is 1.27. The Morgan fingerprint density at radius 2 is 1.35 bits per heavy atom. The summed E-state index contributed by atoms with van der Waals surface area (Å²) >= 11 is -0.364. The molecule has 0 saturated carbocycles. The van der Waals surface area contributed by atoms with Crippen molar-refractivity contribution in [3.63, 3.8) is 0 Å². The van der Waals surface area contributed by atoms with Crippen LogP contribution in [0.1, 0.15) is 5.56 Å². The molecular weight excluding hydrogens is 367 g/mol. The minimum atomic E-state index is -0.364. The second-order valence-electron chi connectivity index (χ2n) is 4.24. The number of halogens is 1. The van der Waals surface area contributed by atoms with Crippen LogP contribution in [0.15, 0.2) is 36.4 Å². The van der Waals surface area contributed by atoms with Crippen LogP contribution in [0, 0.1) is 14.1 Å². The molecule has 0 atom stereocenters. The first-order valence-electron chi connectivity index (χ1n) is 6.19. The minimum Gasteiger partial charge on any atom is -0.496 e. The molecule has 0 bridgehead atoms. The summed E-state index contributed by atoms with van der Waals surface area (Å²) in [6, 6.07) is 12.4. The Balaban J connectivity index is 2.41. The van der Waals surface area contributed by atoms with Gasteiger partial charge in [-0.1, -0.05) is 17.7 Å². The van der Waals surface area contributed by atoms with Gasteiger partial charge in [-0.15, -0.1) is 0 Å². The predicted molar refractivity (Wildman–Crippen MR) is 74.7 cm³/mol. The summed E-state index contributed by atoms with van der Waals surface area (Å²) in [6.07, 6.45) is 0. The first-order valence-corrected chi connectivity index (χ1v) is 8.35. The first-order chi connectivity index (χ1) is 9.67. The Labute approximate surface area is 130 Å². The zero-order valence-corrected chi connectivity index (χ0v) is 14.2. The molecule has 0 fully saturated rings. The average molecular weight is 385 g/mol. The monoisotopic (exact) mass is 385 g/mol. The molecule has 4 heteroatoms. The highest BCUT2D eigenvalue weighted by Gasteiger charge is 2.27. The topological polar surface area (TPSA) is 27.7 Å². The highest BCUT2D eigenvalue weighted by Crippen LogP contribution is 2.27. The summed E-state index contributed by atoms with van der Waals surface area (Å²) in [4.78, 5) is 0. The lowest BCUT2D eigenvalue weighted by molar-refractivity contribution is -0.598. The predicted octanol–water partition coefficient (Wildman–Crippen LogP) is 0.149. The molecule has 0 aliphatic heterocycles. The van der Waals surface area contributed by atoms with E-state index in [1.165, 1.54) is 9.13 Å². The fourth-order valence-corrected chi connectivity index (χ4v) is 4.39. The van der Waals surface area contributed by atoms with Gasteiger partial charge in [-0.05, 0) is 19.1 Å². The third-order valence-electron chi connectivity index (χ3n) is 2.87. The number of aryl methyl sites for hydroxylation is 1. The molecule has 0 aliphatic carbocycles. The molecule has 106 valence electrons. The summed E-state index contributed by atoms with van der Waals surface area (Å²) < 4.78 is 18.7. The fraction of sp³-hybridized carbons (Fsp3) is 0.250. The minimum absolute atomic E-state index is 0.364. The average Bonchev–Trinajstić information content (AvgIpc) is 2.49. The van der Waals surface area contributed by atoms with Gasteiger partial charge < -0.3 is 14.2 Å². The molecule has 0 saturated heterocycles. The molecule has 2 aromatic rings. The number of rotatable bonds is 5. The smallest absolute Gasteiger partial charge is 0.366 e. The van der Waals surface area contributed by atoms with Gasteiger partial charge in [0, 0.05) is 12.1 Å². The molecule has 0 heterocycles. The second kappa shape index (κ2) is 6.83. The summed E-state index contributed by atoms with van der Waals surface area (Å²) in [7, 11) is 5.00. The Bertz CT molecular complexity index is 554. The van der Waals surface area contributed by atoms with E-state index in [9.17, 15) is 0 Å². The van der Waals surface area contributed by atoms with E-state index in [0.717, 1.165) is 20.8 Å². The van der Waals surface area contributed by atoms with Crippen LogP contribution in [-0.2, 0) is 0 Å². The van der Waals surface area contributed by atoms with Gasteiger partial charge in [0.25, 0.3) is 3.57 Å². The van der Waals surface area contributed by atoms with Crippen molar-refractivity contribution in [3.8, 4) is 17.2 Å². The van der Waals surface area contributed by atoms with Crippen LogP contribution < -0.4 is 35.4 Å². The largest absolute Gasteiger partial charge is 0.496 e. The Kier molecular flexibility index (Phi) is 5.11. The number of ether oxygens (including phenoxy) is 3. The lowest BCUT2D eigenvalue weighted by Crippen LogP contribution is -3.61. The molecular formula is C16H18IO3+. The molecule has 0 radical (unpaired) electrons. The molecule has 0 spiro atoms. The van der Waals surface area contributed by atoms with E-state index in [4.69, 9.17) is 14.2 Å². The lowest BCUT2D eigenvalue weighted by atomic mass is 10.2. The molecule has 0 amide bonds.